The molecule has 2 aromatic carbocycles. The van der Waals surface area contributed by atoms with Gasteiger partial charge >= 0.3 is 0 Å². The molecule has 3 N–H and O–H groups in total. The molecule has 2 rings (SSSR count). The third-order valence-corrected chi connectivity index (χ3v) is 2.96. The monoisotopic (exact) mass is 270 g/mol. The topological polar surface area (TPSA) is 55.1 Å². The fourth-order valence-electron chi connectivity index (χ4n) is 1.67. The number of hydrogen-bond acceptors (Lipinski definition) is 2. The van der Waals surface area contributed by atoms with Gasteiger partial charge in [-0.05, 0) is 17.7 Å². The molecule has 2 aromatic rings. The predicted octanol–water partition coefficient (Wildman–Crippen LogP) is 2.25. The van der Waals surface area contributed by atoms with Crippen molar-refractivity contribution in [3.63, 3.8) is 0 Å². The zero-order valence-corrected chi connectivity index (χ0v) is 11.1. The van der Waals surface area contributed by atoms with Crippen LogP contribution in [0.2, 0.25) is 0 Å². The van der Waals surface area contributed by atoms with E-state index >= 15 is 0 Å². The van der Waals surface area contributed by atoms with Gasteiger partial charge < -0.3 is 11.1 Å². The predicted molar refractivity (Wildman–Crippen MR) is 79.9 cm³/mol. The number of thiocarbonyl (C=S) groups is 1. The summed E-state index contributed by atoms with van der Waals surface area (Å²) in [5.41, 5.74) is 7.92. The van der Waals surface area contributed by atoms with E-state index in [4.69, 9.17) is 18.0 Å². The summed E-state index contributed by atoms with van der Waals surface area (Å²) in [5.74, 6) is -0.113. The summed E-state index contributed by atoms with van der Waals surface area (Å²) in [6, 6.07) is 16.7. The first-order valence-corrected chi connectivity index (χ1v) is 6.29. The van der Waals surface area contributed by atoms with Crippen LogP contribution in [-0.2, 0) is 6.54 Å². The summed E-state index contributed by atoms with van der Waals surface area (Å²) in [6.07, 6.45) is 0. The minimum atomic E-state index is -0.113. The molecule has 96 valence electrons. The first kappa shape index (κ1) is 13.2. The van der Waals surface area contributed by atoms with Crippen molar-refractivity contribution < 1.29 is 4.79 Å². The average molecular weight is 270 g/mol. The van der Waals surface area contributed by atoms with Crippen LogP contribution < -0.4 is 11.1 Å². The van der Waals surface area contributed by atoms with Crippen molar-refractivity contribution in [2.75, 3.05) is 0 Å². The van der Waals surface area contributed by atoms with Gasteiger partial charge in [0, 0.05) is 17.7 Å². The number of hydrogen-bond donors (Lipinski definition) is 2. The molecule has 0 aromatic heterocycles. The largest absolute Gasteiger partial charge is 0.389 e. The third-order valence-electron chi connectivity index (χ3n) is 2.73. The first-order chi connectivity index (χ1) is 9.16. The lowest BCUT2D eigenvalue weighted by Gasteiger charge is -2.06. The number of nitrogens with two attached hydrogens (primary N) is 1. The van der Waals surface area contributed by atoms with E-state index in [2.05, 4.69) is 5.32 Å². The Kier molecular flexibility index (Phi) is 4.26. The Morgan fingerprint density at radius 1 is 1.00 bits per heavy atom. The molecule has 0 fully saturated rings. The maximum Gasteiger partial charge on any atom is 0.251 e. The highest BCUT2D eigenvalue weighted by atomic mass is 32.1. The first-order valence-electron chi connectivity index (χ1n) is 5.89. The fraction of sp³-hybridized carbons (Fsp3) is 0.0667. The molecule has 0 aliphatic heterocycles. The molecule has 0 aliphatic rings. The highest BCUT2D eigenvalue weighted by Crippen LogP contribution is 2.05. The number of amides is 1. The van der Waals surface area contributed by atoms with Gasteiger partial charge in [0.2, 0.25) is 0 Å². The molecule has 4 heteroatoms. The van der Waals surface area contributed by atoms with Crippen LogP contribution in [0.1, 0.15) is 21.5 Å². The summed E-state index contributed by atoms with van der Waals surface area (Å²) in [6.45, 7) is 0.511. The molecule has 0 bridgehead atoms. The van der Waals surface area contributed by atoms with Crippen LogP contribution in [-0.4, -0.2) is 10.9 Å². The summed E-state index contributed by atoms with van der Waals surface area (Å²) in [5, 5.41) is 2.86. The molecule has 0 unspecified atom stereocenters. The van der Waals surface area contributed by atoms with Crippen LogP contribution in [0, 0.1) is 0 Å². The average Bonchev–Trinajstić information content (AvgIpc) is 2.46. The van der Waals surface area contributed by atoms with E-state index in [0.29, 0.717) is 17.1 Å². The van der Waals surface area contributed by atoms with Crippen LogP contribution in [0.5, 0.6) is 0 Å². The lowest BCUT2D eigenvalue weighted by molar-refractivity contribution is 0.0951. The molecule has 0 saturated carbocycles. The van der Waals surface area contributed by atoms with E-state index in [1.807, 2.05) is 30.3 Å². The van der Waals surface area contributed by atoms with Gasteiger partial charge in [0.25, 0.3) is 5.91 Å². The maximum atomic E-state index is 11.9. The molecule has 0 saturated heterocycles. The number of carbonyl (C=O) groups excluding carboxylic acids is 1. The lowest BCUT2D eigenvalue weighted by Crippen LogP contribution is -2.22. The van der Waals surface area contributed by atoms with Crippen LogP contribution in [0.3, 0.4) is 0 Å². The van der Waals surface area contributed by atoms with E-state index in [0.717, 1.165) is 11.1 Å². The van der Waals surface area contributed by atoms with Crippen molar-refractivity contribution in [2.45, 2.75) is 6.54 Å². The van der Waals surface area contributed by atoms with E-state index in [1.54, 1.807) is 24.3 Å². The minimum Gasteiger partial charge on any atom is -0.389 e. The molecule has 0 spiro atoms. The molecular weight excluding hydrogens is 256 g/mol. The van der Waals surface area contributed by atoms with Gasteiger partial charge in [-0.25, -0.2) is 0 Å². The van der Waals surface area contributed by atoms with Crippen molar-refractivity contribution in [1.29, 1.82) is 0 Å². The Balaban J connectivity index is 1.98. The second-order valence-corrected chi connectivity index (χ2v) is 4.55. The minimum absolute atomic E-state index is 0.113. The molecular formula is C15H14N2OS. The van der Waals surface area contributed by atoms with Gasteiger partial charge in [-0.2, -0.15) is 0 Å². The highest BCUT2D eigenvalue weighted by Gasteiger charge is 2.05. The molecule has 0 atom stereocenters. The Morgan fingerprint density at radius 2 is 1.58 bits per heavy atom. The van der Waals surface area contributed by atoms with Gasteiger partial charge in [-0.1, -0.05) is 54.7 Å². The Hall–Kier alpha value is -2.20. The third kappa shape index (κ3) is 3.63. The smallest absolute Gasteiger partial charge is 0.251 e. The van der Waals surface area contributed by atoms with Gasteiger partial charge in [-0.15, -0.1) is 0 Å². The van der Waals surface area contributed by atoms with Crippen molar-refractivity contribution in [3.05, 3.63) is 71.3 Å². The van der Waals surface area contributed by atoms with Crippen molar-refractivity contribution in [1.82, 2.24) is 5.32 Å². The second kappa shape index (κ2) is 6.11. The van der Waals surface area contributed by atoms with Gasteiger partial charge in [0.15, 0.2) is 0 Å². The molecule has 3 nitrogen and oxygen atoms in total. The van der Waals surface area contributed by atoms with Crippen LogP contribution in [0.25, 0.3) is 0 Å². The van der Waals surface area contributed by atoms with Crippen molar-refractivity contribution in [3.8, 4) is 0 Å². The van der Waals surface area contributed by atoms with E-state index in [1.165, 1.54) is 0 Å². The second-order valence-electron chi connectivity index (χ2n) is 4.11. The van der Waals surface area contributed by atoms with Gasteiger partial charge in [-0.3, -0.25) is 4.79 Å². The molecule has 19 heavy (non-hydrogen) atoms. The molecule has 0 aliphatic carbocycles. The number of carbonyl (C=O) groups is 1. The Bertz CT molecular complexity index is 579. The van der Waals surface area contributed by atoms with E-state index < -0.39 is 0 Å². The Morgan fingerprint density at radius 3 is 2.16 bits per heavy atom. The number of benzene rings is 2. The molecule has 0 radical (unpaired) electrons. The van der Waals surface area contributed by atoms with E-state index in [-0.39, 0.29) is 5.91 Å². The maximum absolute atomic E-state index is 11.9. The highest BCUT2D eigenvalue weighted by molar-refractivity contribution is 7.80. The summed E-state index contributed by atoms with van der Waals surface area (Å²) in [4.78, 5) is 12.3. The fourth-order valence-corrected chi connectivity index (χ4v) is 1.80. The normalized spacial score (nSPS) is 9.89. The summed E-state index contributed by atoms with van der Waals surface area (Å²) >= 11 is 4.86. The number of nitrogens with one attached hydrogen (secondary N) is 1. The van der Waals surface area contributed by atoms with Crippen molar-refractivity contribution in [2.24, 2.45) is 5.73 Å². The zero-order valence-electron chi connectivity index (χ0n) is 10.3. The molecule has 0 heterocycles. The zero-order chi connectivity index (χ0) is 13.7. The van der Waals surface area contributed by atoms with Crippen LogP contribution in [0.4, 0.5) is 0 Å². The van der Waals surface area contributed by atoms with Crippen LogP contribution >= 0.6 is 12.2 Å². The van der Waals surface area contributed by atoms with E-state index in [9.17, 15) is 4.79 Å². The standard InChI is InChI=1S/C15H14N2OS/c16-14(19)12-6-8-13(9-7-12)15(18)17-10-11-4-2-1-3-5-11/h1-9H,10H2,(H2,16,19)(H,17,18). The van der Waals surface area contributed by atoms with Gasteiger partial charge in [0.05, 0.1) is 0 Å². The summed E-state index contributed by atoms with van der Waals surface area (Å²) < 4.78 is 0. The van der Waals surface area contributed by atoms with Crippen LogP contribution in [0.15, 0.2) is 54.6 Å². The quantitative estimate of drug-likeness (QED) is 0.838. The lowest BCUT2D eigenvalue weighted by atomic mass is 10.1. The Labute approximate surface area is 117 Å². The number of rotatable bonds is 4. The van der Waals surface area contributed by atoms with Gasteiger partial charge in [0.1, 0.15) is 4.99 Å². The SMILES string of the molecule is NC(=S)c1ccc(C(=O)NCc2ccccc2)cc1. The molecule has 1 amide bonds. The summed E-state index contributed by atoms with van der Waals surface area (Å²) in [7, 11) is 0. The van der Waals surface area contributed by atoms with Crippen molar-refractivity contribution >= 4 is 23.1 Å².